The van der Waals surface area contributed by atoms with E-state index in [1.165, 1.54) is 12.0 Å². The van der Waals surface area contributed by atoms with E-state index in [2.05, 4.69) is 37.7 Å². The van der Waals surface area contributed by atoms with Crippen molar-refractivity contribution in [1.29, 1.82) is 0 Å². The summed E-state index contributed by atoms with van der Waals surface area (Å²) in [4.78, 5) is 9.77. The first-order chi connectivity index (χ1) is 12.2. The van der Waals surface area contributed by atoms with Crippen LogP contribution in [0.5, 0.6) is 0 Å². The zero-order valence-corrected chi connectivity index (χ0v) is 15.2. The van der Waals surface area contributed by atoms with Crippen LogP contribution in [-0.4, -0.2) is 74.1 Å². The van der Waals surface area contributed by atoms with E-state index in [1.807, 2.05) is 30.3 Å². The Labute approximate surface area is 149 Å². The number of aryl methyl sites for hydroxylation is 2. The van der Waals surface area contributed by atoms with E-state index in [0.29, 0.717) is 12.1 Å². The quantitative estimate of drug-likeness (QED) is 0.798. The Bertz CT molecular complexity index is 689. The second-order valence-corrected chi connectivity index (χ2v) is 7.22. The second kappa shape index (κ2) is 7.27. The molecule has 7 heteroatoms. The molecule has 4 heterocycles. The van der Waals surface area contributed by atoms with E-state index in [4.69, 9.17) is 4.74 Å². The lowest BCUT2D eigenvalue weighted by atomic mass is 10.00. The van der Waals surface area contributed by atoms with Crippen molar-refractivity contribution < 1.29 is 4.74 Å². The van der Waals surface area contributed by atoms with Crippen LogP contribution in [0.15, 0.2) is 24.8 Å². The molecule has 0 unspecified atom stereocenters. The first-order valence-corrected chi connectivity index (χ1v) is 9.20. The Hall–Kier alpha value is -1.70. The van der Waals surface area contributed by atoms with Crippen molar-refractivity contribution in [2.45, 2.75) is 31.5 Å². The smallest absolute Gasteiger partial charge is 0.122 e. The van der Waals surface area contributed by atoms with E-state index in [0.717, 1.165) is 51.6 Å². The zero-order valence-electron chi connectivity index (χ0n) is 15.2. The fraction of sp³-hybridized carbons (Fsp3) is 0.667. The molecule has 4 rings (SSSR count). The Morgan fingerprint density at radius 1 is 1.20 bits per heavy atom. The number of hydrogen-bond donors (Lipinski definition) is 0. The van der Waals surface area contributed by atoms with E-state index in [1.54, 1.807) is 0 Å². The third-order valence-electron chi connectivity index (χ3n) is 5.61. The van der Waals surface area contributed by atoms with Crippen molar-refractivity contribution in [2.24, 2.45) is 14.1 Å². The number of ether oxygens (including phenoxy) is 1. The number of morpholine rings is 1. The molecular formula is C18H28N6O. The fourth-order valence-electron chi connectivity index (χ4n) is 4.25. The molecule has 2 aromatic heterocycles. The average molecular weight is 344 g/mol. The third kappa shape index (κ3) is 3.63. The molecular weight excluding hydrogens is 316 g/mol. The third-order valence-corrected chi connectivity index (χ3v) is 5.61. The van der Waals surface area contributed by atoms with Crippen molar-refractivity contribution >= 4 is 0 Å². The lowest BCUT2D eigenvalue weighted by molar-refractivity contribution is 0.00772. The molecule has 0 bridgehead atoms. The molecule has 25 heavy (non-hydrogen) atoms. The standard InChI is InChI=1S/C18H28N6O/c1-21-6-4-19-18(21)14-24-5-3-16(23-7-9-25-10-8-23)17(24)11-15-12-20-22(2)13-15/h4,6,12-13,16-17H,3,5,7-11,14H2,1-2H3/t16-,17+/m1/s1. The van der Waals surface area contributed by atoms with Crippen molar-refractivity contribution in [2.75, 3.05) is 32.8 Å². The highest BCUT2D eigenvalue weighted by Crippen LogP contribution is 2.28. The summed E-state index contributed by atoms with van der Waals surface area (Å²) in [7, 11) is 4.07. The van der Waals surface area contributed by atoms with Crippen molar-refractivity contribution in [3.63, 3.8) is 0 Å². The van der Waals surface area contributed by atoms with Crippen LogP contribution in [0.4, 0.5) is 0 Å². The van der Waals surface area contributed by atoms with Crippen LogP contribution in [0.25, 0.3) is 0 Å². The van der Waals surface area contributed by atoms with Crippen LogP contribution >= 0.6 is 0 Å². The monoisotopic (exact) mass is 344 g/mol. The van der Waals surface area contributed by atoms with Gasteiger partial charge in [-0.25, -0.2) is 4.98 Å². The molecule has 2 saturated heterocycles. The summed E-state index contributed by atoms with van der Waals surface area (Å²) in [6, 6.07) is 1.09. The molecule has 0 N–H and O–H groups in total. The van der Waals surface area contributed by atoms with Crippen LogP contribution in [0, 0.1) is 0 Å². The zero-order chi connectivity index (χ0) is 17.2. The Morgan fingerprint density at radius 2 is 2.04 bits per heavy atom. The van der Waals surface area contributed by atoms with E-state index < -0.39 is 0 Å². The van der Waals surface area contributed by atoms with Gasteiger partial charge in [0.2, 0.25) is 0 Å². The highest BCUT2D eigenvalue weighted by molar-refractivity contribution is 5.10. The van der Waals surface area contributed by atoms with Crippen molar-refractivity contribution in [1.82, 2.24) is 29.1 Å². The molecule has 0 spiro atoms. The summed E-state index contributed by atoms with van der Waals surface area (Å²) >= 11 is 0. The number of aromatic nitrogens is 4. The molecule has 2 fully saturated rings. The average Bonchev–Trinajstić information content (AvgIpc) is 3.32. The molecule has 0 saturated carbocycles. The van der Waals surface area contributed by atoms with Gasteiger partial charge < -0.3 is 9.30 Å². The van der Waals surface area contributed by atoms with Crippen molar-refractivity contribution in [3.8, 4) is 0 Å². The SMILES string of the molecule is Cn1cc(C[C@H]2[C@H](N3CCOCC3)CCN2Cc2nccn2C)cn1. The summed E-state index contributed by atoms with van der Waals surface area (Å²) in [5.41, 5.74) is 1.32. The predicted molar refractivity (Wildman–Crippen MR) is 95.1 cm³/mol. The maximum absolute atomic E-state index is 5.56. The van der Waals surface area contributed by atoms with Gasteiger partial charge >= 0.3 is 0 Å². The topological polar surface area (TPSA) is 51.4 Å². The number of likely N-dealkylation sites (tertiary alicyclic amines) is 1. The largest absolute Gasteiger partial charge is 0.379 e. The predicted octanol–water partition coefficient (Wildman–Crippen LogP) is 0.671. The summed E-state index contributed by atoms with van der Waals surface area (Å²) in [6.07, 6.45) is 10.3. The Balaban J connectivity index is 1.53. The van der Waals surface area contributed by atoms with Crippen molar-refractivity contribution in [3.05, 3.63) is 36.2 Å². The highest BCUT2D eigenvalue weighted by atomic mass is 16.5. The Kier molecular flexibility index (Phi) is 4.87. The lowest BCUT2D eigenvalue weighted by Crippen LogP contribution is -2.50. The molecule has 7 nitrogen and oxygen atoms in total. The minimum Gasteiger partial charge on any atom is -0.379 e. The van der Waals surface area contributed by atoms with Gasteiger partial charge in [0.25, 0.3) is 0 Å². The van der Waals surface area contributed by atoms with Crippen LogP contribution in [0.1, 0.15) is 17.8 Å². The summed E-state index contributed by atoms with van der Waals surface area (Å²) in [5, 5.41) is 4.36. The molecule has 0 radical (unpaired) electrons. The van der Waals surface area contributed by atoms with Gasteiger partial charge in [-0.15, -0.1) is 0 Å². The summed E-state index contributed by atoms with van der Waals surface area (Å²) < 4.78 is 9.59. The van der Waals surface area contributed by atoms with Crippen LogP contribution in [0.3, 0.4) is 0 Å². The number of imidazole rings is 1. The molecule has 0 aliphatic carbocycles. The van der Waals surface area contributed by atoms with Crippen LogP contribution in [-0.2, 0) is 31.8 Å². The van der Waals surface area contributed by atoms with Gasteiger partial charge in [-0.3, -0.25) is 14.5 Å². The van der Waals surface area contributed by atoms with E-state index in [-0.39, 0.29) is 0 Å². The van der Waals surface area contributed by atoms with Crippen LogP contribution in [0.2, 0.25) is 0 Å². The minimum atomic E-state index is 0.499. The summed E-state index contributed by atoms with van der Waals surface area (Å²) in [5.74, 6) is 1.14. The highest BCUT2D eigenvalue weighted by Gasteiger charge is 2.38. The maximum Gasteiger partial charge on any atom is 0.122 e. The summed E-state index contributed by atoms with van der Waals surface area (Å²) in [6.45, 7) is 5.84. The lowest BCUT2D eigenvalue weighted by Gasteiger charge is -2.37. The van der Waals surface area contributed by atoms with Gasteiger partial charge in [-0.2, -0.15) is 5.10 Å². The number of nitrogens with zero attached hydrogens (tertiary/aromatic N) is 6. The molecule has 0 amide bonds. The molecule has 136 valence electrons. The van der Waals surface area contributed by atoms with Gasteiger partial charge in [0.15, 0.2) is 0 Å². The van der Waals surface area contributed by atoms with Gasteiger partial charge in [0, 0.05) is 64.4 Å². The molecule has 2 atom stereocenters. The van der Waals surface area contributed by atoms with E-state index >= 15 is 0 Å². The first kappa shape index (κ1) is 16.8. The normalized spacial score (nSPS) is 25.7. The van der Waals surface area contributed by atoms with Gasteiger partial charge in [0.1, 0.15) is 5.82 Å². The Morgan fingerprint density at radius 3 is 2.72 bits per heavy atom. The van der Waals surface area contributed by atoms with Gasteiger partial charge in [-0.1, -0.05) is 0 Å². The fourth-order valence-corrected chi connectivity index (χ4v) is 4.25. The molecule has 2 aromatic rings. The second-order valence-electron chi connectivity index (χ2n) is 7.22. The minimum absolute atomic E-state index is 0.499. The van der Waals surface area contributed by atoms with E-state index in [9.17, 15) is 0 Å². The van der Waals surface area contributed by atoms with Gasteiger partial charge in [0.05, 0.1) is 26.0 Å². The maximum atomic E-state index is 5.56. The number of hydrogen-bond acceptors (Lipinski definition) is 5. The molecule has 2 aliphatic rings. The molecule has 0 aromatic carbocycles. The van der Waals surface area contributed by atoms with Gasteiger partial charge in [-0.05, 0) is 18.4 Å². The molecule has 2 aliphatic heterocycles. The number of rotatable bonds is 5. The first-order valence-electron chi connectivity index (χ1n) is 9.20. The van der Waals surface area contributed by atoms with Crippen LogP contribution < -0.4 is 0 Å².